The molecule has 0 saturated heterocycles. The molecule has 2 N–H and O–H groups in total. The van der Waals surface area contributed by atoms with E-state index < -0.39 is 0 Å². The van der Waals surface area contributed by atoms with Crippen LogP contribution in [-0.4, -0.2) is 22.4 Å². The van der Waals surface area contributed by atoms with Gasteiger partial charge < -0.3 is 10.2 Å². The highest BCUT2D eigenvalue weighted by atomic mass is 16.3. The summed E-state index contributed by atoms with van der Waals surface area (Å²) < 4.78 is 0. The van der Waals surface area contributed by atoms with Gasteiger partial charge in [0.25, 0.3) is 0 Å². The van der Waals surface area contributed by atoms with E-state index in [-0.39, 0.29) is 12.2 Å². The van der Waals surface area contributed by atoms with Gasteiger partial charge in [-0.25, -0.2) is 0 Å². The first-order valence-corrected chi connectivity index (χ1v) is 6.58. The molecule has 0 radical (unpaired) electrons. The number of aliphatic hydroxyl groups is 2. The molecule has 0 fully saturated rings. The first-order chi connectivity index (χ1) is 7.54. The summed E-state index contributed by atoms with van der Waals surface area (Å²) in [5.41, 5.74) is 2.67. The molecular weight excluding hydrogens is 200 g/mol. The van der Waals surface area contributed by atoms with Gasteiger partial charge in [-0.15, -0.1) is 0 Å². The average molecular weight is 226 g/mol. The monoisotopic (exact) mass is 226 g/mol. The Hall–Kier alpha value is -0.340. The molecule has 0 aromatic rings. The molecule has 0 aromatic carbocycles. The van der Waals surface area contributed by atoms with Crippen LogP contribution < -0.4 is 0 Å². The van der Waals surface area contributed by atoms with Gasteiger partial charge in [0.15, 0.2) is 0 Å². The SMILES string of the molecule is CCCC[C@H]1CC(C[C@H](C)O)=C(C)C[C@H]1O. The van der Waals surface area contributed by atoms with Gasteiger partial charge >= 0.3 is 0 Å². The predicted molar refractivity (Wildman–Crippen MR) is 67.3 cm³/mol. The number of hydrogen-bond donors (Lipinski definition) is 2. The number of rotatable bonds is 5. The van der Waals surface area contributed by atoms with Crippen LogP contribution in [0.3, 0.4) is 0 Å². The molecule has 0 heterocycles. The predicted octanol–water partition coefficient (Wildman–Crippen LogP) is 3.03. The van der Waals surface area contributed by atoms with E-state index in [1.54, 1.807) is 0 Å². The van der Waals surface area contributed by atoms with E-state index in [0.29, 0.717) is 5.92 Å². The van der Waals surface area contributed by atoms with Crippen LogP contribution in [0.1, 0.15) is 59.3 Å². The fourth-order valence-electron chi connectivity index (χ4n) is 2.63. The van der Waals surface area contributed by atoms with Gasteiger partial charge in [-0.3, -0.25) is 0 Å². The lowest BCUT2D eigenvalue weighted by Crippen LogP contribution is -2.26. The molecule has 0 aromatic heterocycles. The Bertz CT molecular complexity index is 243. The van der Waals surface area contributed by atoms with Crippen molar-refractivity contribution < 1.29 is 10.2 Å². The van der Waals surface area contributed by atoms with Crippen LogP contribution in [0.15, 0.2) is 11.1 Å². The highest BCUT2D eigenvalue weighted by Crippen LogP contribution is 2.34. The number of unbranched alkanes of at least 4 members (excludes halogenated alkanes) is 1. The zero-order valence-electron chi connectivity index (χ0n) is 10.9. The van der Waals surface area contributed by atoms with Crippen molar-refractivity contribution in [2.24, 2.45) is 5.92 Å². The van der Waals surface area contributed by atoms with Crippen molar-refractivity contribution in [2.45, 2.75) is 71.5 Å². The third kappa shape index (κ3) is 3.91. The molecule has 0 amide bonds. The zero-order chi connectivity index (χ0) is 12.1. The van der Waals surface area contributed by atoms with Crippen LogP contribution in [0.4, 0.5) is 0 Å². The van der Waals surface area contributed by atoms with Gasteiger partial charge in [-0.05, 0) is 45.4 Å². The average Bonchev–Trinajstić information content (AvgIpc) is 2.20. The van der Waals surface area contributed by atoms with Gasteiger partial charge in [0.2, 0.25) is 0 Å². The molecule has 2 nitrogen and oxygen atoms in total. The molecule has 0 aliphatic heterocycles. The van der Waals surface area contributed by atoms with Crippen LogP contribution in [0.25, 0.3) is 0 Å². The van der Waals surface area contributed by atoms with Crippen molar-refractivity contribution in [3.8, 4) is 0 Å². The molecule has 0 spiro atoms. The van der Waals surface area contributed by atoms with Gasteiger partial charge in [0.1, 0.15) is 0 Å². The number of aliphatic hydroxyl groups excluding tert-OH is 2. The Morgan fingerprint density at radius 1 is 1.38 bits per heavy atom. The molecular formula is C14H26O2. The molecule has 0 unspecified atom stereocenters. The lowest BCUT2D eigenvalue weighted by Gasteiger charge is -2.31. The van der Waals surface area contributed by atoms with Crippen molar-refractivity contribution in [3.05, 3.63) is 11.1 Å². The van der Waals surface area contributed by atoms with E-state index in [0.717, 1.165) is 25.7 Å². The molecule has 1 aliphatic rings. The second-order valence-electron chi connectivity index (χ2n) is 5.31. The van der Waals surface area contributed by atoms with Crippen molar-refractivity contribution in [3.63, 3.8) is 0 Å². The minimum atomic E-state index is -0.257. The topological polar surface area (TPSA) is 40.5 Å². The van der Waals surface area contributed by atoms with Crippen LogP contribution in [0.2, 0.25) is 0 Å². The highest BCUT2D eigenvalue weighted by molar-refractivity contribution is 5.18. The van der Waals surface area contributed by atoms with Crippen molar-refractivity contribution in [1.82, 2.24) is 0 Å². The summed E-state index contributed by atoms with van der Waals surface area (Å²) in [7, 11) is 0. The largest absolute Gasteiger partial charge is 0.393 e. The summed E-state index contributed by atoms with van der Waals surface area (Å²) in [6.07, 6.45) is 5.65. The summed E-state index contributed by atoms with van der Waals surface area (Å²) >= 11 is 0. The summed E-state index contributed by atoms with van der Waals surface area (Å²) in [5, 5.41) is 19.5. The smallest absolute Gasteiger partial charge is 0.0608 e. The van der Waals surface area contributed by atoms with Gasteiger partial charge in [0, 0.05) is 0 Å². The second-order valence-corrected chi connectivity index (χ2v) is 5.31. The Kier molecular flexibility index (Phi) is 5.50. The molecule has 94 valence electrons. The first kappa shape index (κ1) is 13.7. The Morgan fingerprint density at radius 2 is 2.06 bits per heavy atom. The Labute approximate surface area is 99.4 Å². The fourth-order valence-corrected chi connectivity index (χ4v) is 2.63. The van der Waals surface area contributed by atoms with E-state index in [2.05, 4.69) is 13.8 Å². The summed E-state index contributed by atoms with van der Waals surface area (Å²) in [4.78, 5) is 0. The Morgan fingerprint density at radius 3 is 2.62 bits per heavy atom. The number of hydrogen-bond acceptors (Lipinski definition) is 2. The molecule has 1 rings (SSSR count). The van der Waals surface area contributed by atoms with E-state index in [1.807, 2.05) is 6.92 Å². The maximum Gasteiger partial charge on any atom is 0.0608 e. The van der Waals surface area contributed by atoms with E-state index in [9.17, 15) is 10.2 Å². The van der Waals surface area contributed by atoms with Crippen molar-refractivity contribution in [1.29, 1.82) is 0 Å². The maximum absolute atomic E-state index is 10.0. The lowest BCUT2D eigenvalue weighted by atomic mass is 9.78. The zero-order valence-corrected chi connectivity index (χ0v) is 10.9. The molecule has 2 heteroatoms. The summed E-state index contributed by atoms with van der Waals surface area (Å²) in [6, 6.07) is 0. The minimum Gasteiger partial charge on any atom is -0.393 e. The van der Waals surface area contributed by atoms with Crippen molar-refractivity contribution in [2.75, 3.05) is 0 Å². The van der Waals surface area contributed by atoms with Gasteiger partial charge in [0.05, 0.1) is 12.2 Å². The van der Waals surface area contributed by atoms with E-state index in [4.69, 9.17) is 0 Å². The first-order valence-electron chi connectivity index (χ1n) is 6.58. The van der Waals surface area contributed by atoms with E-state index >= 15 is 0 Å². The van der Waals surface area contributed by atoms with E-state index in [1.165, 1.54) is 24.0 Å². The Balaban J connectivity index is 2.59. The van der Waals surface area contributed by atoms with Crippen LogP contribution >= 0.6 is 0 Å². The van der Waals surface area contributed by atoms with Gasteiger partial charge in [-0.1, -0.05) is 30.9 Å². The molecule has 0 saturated carbocycles. The minimum absolute atomic E-state index is 0.163. The summed E-state index contributed by atoms with van der Waals surface area (Å²) in [6.45, 7) is 6.12. The van der Waals surface area contributed by atoms with Crippen LogP contribution in [0, 0.1) is 5.92 Å². The quantitative estimate of drug-likeness (QED) is 0.707. The molecule has 3 atom stereocenters. The van der Waals surface area contributed by atoms with Crippen LogP contribution in [-0.2, 0) is 0 Å². The lowest BCUT2D eigenvalue weighted by molar-refractivity contribution is 0.0897. The van der Waals surface area contributed by atoms with Crippen molar-refractivity contribution >= 4 is 0 Å². The second kappa shape index (κ2) is 6.41. The third-order valence-electron chi connectivity index (χ3n) is 3.64. The van der Waals surface area contributed by atoms with Crippen LogP contribution in [0.5, 0.6) is 0 Å². The fraction of sp³-hybridized carbons (Fsp3) is 0.857. The molecule has 1 aliphatic carbocycles. The van der Waals surface area contributed by atoms with Gasteiger partial charge in [-0.2, -0.15) is 0 Å². The summed E-state index contributed by atoms with van der Waals surface area (Å²) in [5.74, 6) is 0.414. The standard InChI is InChI=1S/C14H26O2/c1-4-5-6-12-9-13(8-11(3)15)10(2)7-14(12)16/h11-12,14-16H,4-9H2,1-3H3/t11-,12-,14+/m0/s1. The molecule has 16 heavy (non-hydrogen) atoms. The highest BCUT2D eigenvalue weighted by Gasteiger charge is 2.26. The normalized spacial score (nSPS) is 28.3. The third-order valence-corrected chi connectivity index (χ3v) is 3.64. The maximum atomic E-state index is 10.0. The molecule has 0 bridgehead atoms.